The Morgan fingerprint density at radius 3 is 2.44 bits per heavy atom. The van der Waals surface area contributed by atoms with Gasteiger partial charge in [0.2, 0.25) is 0 Å². The lowest BCUT2D eigenvalue weighted by Gasteiger charge is -2.21. The first-order chi connectivity index (χ1) is 16.5. The monoisotopic (exact) mass is 523 g/mol. The molecule has 3 N–H and O–H groups in total. The number of thiazole rings is 1. The Hall–Kier alpha value is -2.66. The SMILES string of the molecule is Cc1cc(NCC(C)(C)C)ncc1-c1sc(C(=O)NCC(C)(C)O)nc1C(=O)N1CC(F)(F)C[C@@H]1C. The van der Waals surface area contributed by atoms with Crippen molar-refractivity contribution in [2.24, 2.45) is 5.41 Å². The van der Waals surface area contributed by atoms with Crippen LogP contribution in [0.4, 0.5) is 14.6 Å². The molecule has 0 bridgehead atoms. The standard InChI is InChI=1S/C25H35F2N5O3S/c1-14-8-17(29-11-23(3,4)5)28-10-16(14)19-18(22(34)32-13-25(26,27)9-15(32)2)31-21(36-19)20(33)30-12-24(6,7)35/h8,10,15,35H,9,11-13H2,1-7H3,(H,28,29)(H,30,33)/t15-/m0/s1. The Kier molecular flexibility index (Phi) is 7.76. The zero-order chi connectivity index (χ0) is 27.1. The highest BCUT2D eigenvalue weighted by atomic mass is 32.1. The predicted molar refractivity (Wildman–Crippen MR) is 137 cm³/mol. The minimum Gasteiger partial charge on any atom is -0.389 e. The molecule has 198 valence electrons. The van der Waals surface area contributed by atoms with Crippen molar-refractivity contribution in [3.8, 4) is 10.4 Å². The number of carbonyl (C=O) groups is 2. The van der Waals surface area contributed by atoms with E-state index in [1.807, 2.05) is 13.0 Å². The number of aryl methyl sites for hydroxylation is 1. The van der Waals surface area contributed by atoms with Crippen molar-refractivity contribution in [2.45, 2.75) is 72.5 Å². The van der Waals surface area contributed by atoms with Gasteiger partial charge in [0.25, 0.3) is 17.7 Å². The number of likely N-dealkylation sites (tertiary alicyclic amines) is 1. The van der Waals surface area contributed by atoms with Gasteiger partial charge in [0.15, 0.2) is 5.01 Å². The summed E-state index contributed by atoms with van der Waals surface area (Å²) in [4.78, 5) is 36.4. The molecule has 1 atom stereocenters. The molecule has 1 aliphatic heterocycles. The van der Waals surface area contributed by atoms with Crippen LogP contribution in [-0.2, 0) is 0 Å². The van der Waals surface area contributed by atoms with E-state index in [1.54, 1.807) is 27.0 Å². The van der Waals surface area contributed by atoms with Crippen molar-refractivity contribution in [3.05, 3.63) is 28.5 Å². The summed E-state index contributed by atoms with van der Waals surface area (Å²) in [7, 11) is 0. The van der Waals surface area contributed by atoms with Gasteiger partial charge in [-0.25, -0.2) is 18.7 Å². The number of aliphatic hydroxyl groups is 1. The minimum absolute atomic E-state index is 0.00513. The maximum atomic E-state index is 14.0. The van der Waals surface area contributed by atoms with E-state index in [0.717, 1.165) is 21.8 Å². The number of hydrogen-bond acceptors (Lipinski definition) is 7. The van der Waals surface area contributed by atoms with E-state index < -0.39 is 42.3 Å². The third kappa shape index (κ3) is 6.97. The van der Waals surface area contributed by atoms with Gasteiger partial charge in [-0.3, -0.25) is 9.59 Å². The molecular weight excluding hydrogens is 488 g/mol. The summed E-state index contributed by atoms with van der Waals surface area (Å²) < 4.78 is 28.1. The van der Waals surface area contributed by atoms with Crippen molar-refractivity contribution in [1.82, 2.24) is 20.2 Å². The second-order valence-corrected chi connectivity index (χ2v) is 12.3. The van der Waals surface area contributed by atoms with Crippen molar-refractivity contribution in [3.63, 3.8) is 0 Å². The zero-order valence-corrected chi connectivity index (χ0v) is 22.6. The second kappa shape index (κ2) is 10.0. The van der Waals surface area contributed by atoms with Crippen LogP contribution < -0.4 is 10.6 Å². The third-order valence-electron chi connectivity index (χ3n) is 5.65. The predicted octanol–water partition coefficient (Wildman–Crippen LogP) is 4.34. The number of amides is 2. The maximum Gasteiger partial charge on any atom is 0.280 e. The fraction of sp³-hybridized carbons (Fsp3) is 0.600. The lowest BCUT2D eigenvalue weighted by Crippen LogP contribution is -2.38. The quantitative estimate of drug-likeness (QED) is 0.498. The van der Waals surface area contributed by atoms with Gasteiger partial charge in [0, 0.05) is 37.3 Å². The molecule has 3 rings (SSSR count). The topological polar surface area (TPSA) is 107 Å². The first kappa shape index (κ1) is 27.9. The van der Waals surface area contributed by atoms with Crippen LogP contribution in [-0.4, -0.2) is 69.0 Å². The van der Waals surface area contributed by atoms with Gasteiger partial charge in [-0.1, -0.05) is 20.8 Å². The zero-order valence-electron chi connectivity index (χ0n) is 21.8. The number of aromatic nitrogens is 2. The number of hydrogen-bond donors (Lipinski definition) is 3. The summed E-state index contributed by atoms with van der Waals surface area (Å²) in [6.07, 6.45) is 1.18. The van der Waals surface area contributed by atoms with Gasteiger partial charge in [-0.15, -0.1) is 11.3 Å². The Bertz CT molecular complexity index is 1140. The van der Waals surface area contributed by atoms with E-state index in [0.29, 0.717) is 22.8 Å². The summed E-state index contributed by atoms with van der Waals surface area (Å²) in [6, 6.07) is 1.17. The Morgan fingerprint density at radius 2 is 1.92 bits per heavy atom. The molecule has 2 amide bonds. The molecule has 0 saturated carbocycles. The first-order valence-electron chi connectivity index (χ1n) is 11.9. The van der Waals surface area contributed by atoms with E-state index >= 15 is 0 Å². The first-order valence-corrected chi connectivity index (χ1v) is 12.7. The van der Waals surface area contributed by atoms with Crippen molar-refractivity contribution in [1.29, 1.82) is 0 Å². The second-order valence-electron chi connectivity index (χ2n) is 11.3. The number of halogens is 2. The van der Waals surface area contributed by atoms with Crippen LogP contribution in [0.5, 0.6) is 0 Å². The molecule has 0 radical (unpaired) electrons. The largest absolute Gasteiger partial charge is 0.389 e. The molecule has 3 heterocycles. The number of pyridine rings is 1. The van der Waals surface area contributed by atoms with Gasteiger partial charge >= 0.3 is 0 Å². The van der Waals surface area contributed by atoms with Crippen LogP contribution in [0, 0.1) is 12.3 Å². The Balaban J connectivity index is 1.99. The number of anilines is 1. The summed E-state index contributed by atoms with van der Waals surface area (Å²) in [5.74, 6) is -3.52. The number of alkyl halides is 2. The molecule has 8 nitrogen and oxygen atoms in total. The molecule has 1 fully saturated rings. The molecule has 1 aliphatic rings. The molecule has 11 heteroatoms. The van der Waals surface area contributed by atoms with Gasteiger partial charge in [0.1, 0.15) is 11.5 Å². The highest BCUT2D eigenvalue weighted by Gasteiger charge is 2.46. The average molecular weight is 524 g/mol. The lowest BCUT2D eigenvalue weighted by molar-refractivity contribution is 0.0118. The van der Waals surface area contributed by atoms with E-state index in [4.69, 9.17) is 0 Å². The van der Waals surface area contributed by atoms with Gasteiger partial charge in [0.05, 0.1) is 17.0 Å². The molecule has 0 aliphatic carbocycles. The highest BCUT2D eigenvalue weighted by Crippen LogP contribution is 2.37. The van der Waals surface area contributed by atoms with E-state index in [2.05, 4.69) is 41.4 Å². The Morgan fingerprint density at radius 1 is 1.25 bits per heavy atom. The number of rotatable bonds is 7. The smallest absolute Gasteiger partial charge is 0.280 e. The van der Waals surface area contributed by atoms with Crippen LogP contribution in [0.1, 0.15) is 73.8 Å². The fourth-order valence-corrected chi connectivity index (χ4v) is 4.83. The van der Waals surface area contributed by atoms with E-state index in [1.165, 1.54) is 0 Å². The number of nitrogens with one attached hydrogen (secondary N) is 2. The molecule has 0 unspecified atom stereocenters. The molecule has 1 saturated heterocycles. The molecule has 36 heavy (non-hydrogen) atoms. The summed E-state index contributed by atoms with van der Waals surface area (Å²) >= 11 is 0.997. The summed E-state index contributed by atoms with van der Waals surface area (Å²) in [6.45, 7) is 12.8. The normalized spacial score (nSPS) is 17.8. The van der Waals surface area contributed by atoms with Crippen LogP contribution in [0.3, 0.4) is 0 Å². The van der Waals surface area contributed by atoms with Gasteiger partial charge in [-0.05, 0) is 44.7 Å². The van der Waals surface area contributed by atoms with Crippen molar-refractivity contribution >= 4 is 29.0 Å². The molecule has 0 spiro atoms. The summed E-state index contributed by atoms with van der Waals surface area (Å²) in [5.41, 5.74) is 0.241. The molecule has 2 aromatic heterocycles. The van der Waals surface area contributed by atoms with E-state index in [9.17, 15) is 23.5 Å². The van der Waals surface area contributed by atoms with Crippen molar-refractivity contribution < 1.29 is 23.5 Å². The van der Waals surface area contributed by atoms with Crippen LogP contribution >= 0.6 is 11.3 Å². The third-order valence-corrected chi connectivity index (χ3v) is 6.74. The summed E-state index contributed by atoms with van der Waals surface area (Å²) in [5, 5.41) is 15.8. The average Bonchev–Trinajstić information content (AvgIpc) is 3.29. The molecular formula is C25H35F2N5O3S. The number of carbonyl (C=O) groups excluding carboxylic acids is 2. The number of nitrogens with zero attached hydrogens (tertiary/aromatic N) is 3. The van der Waals surface area contributed by atoms with Gasteiger partial charge < -0.3 is 20.6 Å². The fourth-order valence-electron chi connectivity index (χ4n) is 3.78. The van der Waals surface area contributed by atoms with E-state index in [-0.39, 0.29) is 22.7 Å². The highest BCUT2D eigenvalue weighted by molar-refractivity contribution is 7.17. The molecule has 2 aromatic rings. The maximum absolute atomic E-state index is 14.0. The van der Waals surface area contributed by atoms with Gasteiger partial charge in [-0.2, -0.15) is 0 Å². The van der Waals surface area contributed by atoms with Crippen LogP contribution in [0.2, 0.25) is 0 Å². The lowest BCUT2D eigenvalue weighted by atomic mass is 9.97. The van der Waals surface area contributed by atoms with Crippen molar-refractivity contribution in [2.75, 3.05) is 25.0 Å². The van der Waals surface area contributed by atoms with Crippen LogP contribution in [0.15, 0.2) is 12.3 Å². The molecule has 0 aromatic carbocycles. The minimum atomic E-state index is -2.98. The van der Waals surface area contributed by atoms with Crippen LogP contribution in [0.25, 0.3) is 10.4 Å². The Labute approximate surface area is 214 Å².